The molecule has 3 aliphatic heterocycles. The van der Waals surface area contributed by atoms with Crippen LogP contribution in [0.25, 0.3) is 0 Å². The molecule has 41 heavy (non-hydrogen) atoms. The third-order valence-corrected chi connectivity index (χ3v) is 11.2. The van der Waals surface area contributed by atoms with Gasteiger partial charge in [-0.05, 0) is 58.9 Å². The fourth-order valence-corrected chi connectivity index (χ4v) is 9.76. The van der Waals surface area contributed by atoms with Gasteiger partial charge in [0.05, 0.1) is 29.2 Å². The second kappa shape index (κ2) is 12.0. The first-order chi connectivity index (χ1) is 19.4. The van der Waals surface area contributed by atoms with Gasteiger partial charge in [0.25, 0.3) is 0 Å². The van der Waals surface area contributed by atoms with Crippen molar-refractivity contribution in [1.29, 1.82) is 0 Å². The Labute approximate surface area is 250 Å². The van der Waals surface area contributed by atoms with Gasteiger partial charge in [-0.15, -0.1) is 24.9 Å². The van der Waals surface area contributed by atoms with Gasteiger partial charge in [0.15, 0.2) is 0 Å². The lowest BCUT2D eigenvalue weighted by Crippen LogP contribution is -2.61. The van der Waals surface area contributed by atoms with Crippen molar-refractivity contribution in [3.63, 3.8) is 0 Å². The highest BCUT2D eigenvalue weighted by Crippen LogP contribution is 2.72. The number of amides is 3. The quantitative estimate of drug-likeness (QED) is 0.372. The molecule has 0 radical (unpaired) electrons. The maximum absolute atomic E-state index is 14.7. The van der Waals surface area contributed by atoms with Gasteiger partial charge in [-0.25, -0.2) is 0 Å². The maximum atomic E-state index is 14.7. The molecule has 0 aromatic heterocycles. The second-order valence-electron chi connectivity index (χ2n) is 13.0. The number of hydrogen-bond donors (Lipinski definition) is 1. The summed E-state index contributed by atoms with van der Waals surface area (Å²) in [4.78, 5) is 49.0. The van der Waals surface area contributed by atoms with Crippen molar-refractivity contribution in [3.05, 3.63) is 61.2 Å². The minimum Gasteiger partial charge on any atom is -0.394 e. The molecule has 224 valence electrons. The molecule has 0 aliphatic carbocycles. The van der Waals surface area contributed by atoms with Crippen LogP contribution in [-0.4, -0.2) is 90.9 Å². The van der Waals surface area contributed by atoms with Crippen molar-refractivity contribution in [2.24, 2.45) is 11.8 Å². The molecule has 1 aromatic rings. The smallest absolute Gasteiger partial charge is 0.247 e. The van der Waals surface area contributed by atoms with Gasteiger partial charge in [-0.2, -0.15) is 0 Å². The third-order valence-electron chi connectivity index (χ3n) is 9.17. The number of aliphatic hydroxyl groups is 1. The summed E-state index contributed by atoms with van der Waals surface area (Å²) >= 11 is 1.68. The van der Waals surface area contributed by atoms with Crippen LogP contribution in [-0.2, 0) is 20.8 Å². The topological polar surface area (TPSA) is 81.2 Å². The number of rotatable bonds is 12. The van der Waals surface area contributed by atoms with Crippen LogP contribution in [0.1, 0.15) is 59.4 Å². The number of aliphatic hydroxyl groups excluding tert-OH is 1. The van der Waals surface area contributed by atoms with E-state index in [-0.39, 0.29) is 24.3 Å². The van der Waals surface area contributed by atoms with Crippen LogP contribution in [0.5, 0.6) is 0 Å². The summed E-state index contributed by atoms with van der Waals surface area (Å²) in [6, 6.07) is 8.38. The van der Waals surface area contributed by atoms with E-state index in [0.717, 1.165) is 18.4 Å². The SMILES string of the molecule is C=CCN(CCC)C(=O)[C@H]1[C@H]2C(=O)N([C@@H](CO)Cc3ccccc3)C(C(=O)N(CC=C)C(C)(C)C)C23CC[C@]1(C)S3. The van der Waals surface area contributed by atoms with Crippen molar-refractivity contribution in [1.82, 2.24) is 14.7 Å². The van der Waals surface area contributed by atoms with Crippen LogP contribution < -0.4 is 0 Å². The first-order valence-corrected chi connectivity index (χ1v) is 15.7. The summed E-state index contributed by atoms with van der Waals surface area (Å²) in [6.07, 6.45) is 6.11. The molecule has 3 aliphatic rings. The Balaban J connectivity index is 1.85. The summed E-state index contributed by atoms with van der Waals surface area (Å²) in [5, 5.41) is 10.7. The molecule has 4 rings (SSSR count). The van der Waals surface area contributed by atoms with Gasteiger partial charge in [0.2, 0.25) is 17.7 Å². The molecule has 3 saturated heterocycles. The lowest BCUT2D eigenvalue weighted by Gasteiger charge is -2.43. The minimum atomic E-state index is -0.788. The molecule has 2 bridgehead atoms. The zero-order chi connectivity index (χ0) is 30.2. The average molecular weight is 582 g/mol. The normalized spacial score (nSPS) is 29.3. The molecule has 0 saturated carbocycles. The van der Waals surface area contributed by atoms with Crippen LogP contribution in [0.2, 0.25) is 0 Å². The average Bonchev–Trinajstić information content (AvgIpc) is 3.50. The lowest BCUT2D eigenvalue weighted by atomic mass is 9.66. The molecule has 3 fully saturated rings. The van der Waals surface area contributed by atoms with Crippen molar-refractivity contribution in [2.75, 3.05) is 26.2 Å². The highest BCUT2D eigenvalue weighted by molar-refractivity contribution is 8.02. The Hall–Kier alpha value is -2.58. The molecular formula is C33H47N3O4S. The molecule has 3 amide bonds. The van der Waals surface area contributed by atoms with Crippen LogP contribution >= 0.6 is 11.8 Å². The molecule has 8 heteroatoms. The summed E-state index contributed by atoms with van der Waals surface area (Å²) in [6.45, 7) is 18.9. The Morgan fingerprint density at radius 3 is 2.37 bits per heavy atom. The van der Waals surface area contributed by atoms with Gasteiger partial charge in [0, 0.05) is 29.9 Å². The van der Waals surface area contributed by atoms with E-state index in [1.54, 1.807) is 33.7 Å². The number of carbonyl (C=O) groups excluding carboxylic acids is 3. The monoisotopic (exact) mass is 581 g/mol. The minimum absolute atomic E-state index is 0.0305. The number of carbonyl (C=O) groups is 3. The van der Waals surface area contributed by atoms with Gasteiger partial charge in [-0.1, -0.05) is 49.4 Å². The van der Waals surface area contributed by atoms with E-state index in [2.05, 4.69) is 20.1 Å². The van der Waals surface area contributed by atoms with Crippen molar-refractivity contribution < 1.29 is 19.5 Å². The fourth-order valence-electron chi connectivity index (χ4n) is 7.43. The summed E-state index contributed by atoms with van der Waals surface area (Å²) in [5.41, 5.74) is 0.473. The largest absolute Gasteiger partial charge is 0.394 e. The van der Waals surface area contributed by atoms with E-state index in [1.165, 1.54) is 0 Å². The molecule has 6 atom stereocenters. The van der Waals surface area contributed by atoms with Crippen molar-refractivity contribution in [2.45, 2.75) is 87.4 Å². The summed E-state index contributed by atoms with van der Waals surface area (Å²) in [5.74, 6) is -1.53. The first-order valence-electron chi connectivity index (χ1n) is 14.9. The van der Waals surface area contributed by atoms with E-state index < -0.39 is 39.0 Å². The number of nitrogens with zero attached hydrogens (tertiary/aromatic N) is 3. The molecule has 7 nitrogen and oxygen atoms in total. The van der Waals surface area contributed by atoms with Gasteiger partial charge in [0.1, 0.15) is 6.04 Å². The Bertz CT molecular complexity index is 1170. The van der Waals surface area contributed by atoms with Gasteiger partial charge >= 0.3 is 0 Å². The van der Waals surface area contributed by atoms with Gasteiger partial charge in [-0.3, -0.25) is 14.4 Å². The van der Waals surface area contributed by atoms with E-state index in [4.69, 9.17) is 0 Å². The number of hydrogen-bond acceptors (Lipinski definition) is 5. The highest BCUT2D eigenvalue weighted by Gasteiger charge is 2.78. The predicted molar refractivity (Wildman–Crippen MR) is 165 cm³/mol. The maximum Gasteiger partial charge on any atom is 0.247 e. The van der Waals surface area contributed by atoms with Crippen LogP contribution in [0, 0.1) is 11.8 Å². The zero-order valence-corrected chi connectivity index (χ0v) is 26.2. The standard InChI is InChI=1S/C33H47N3O4S/c1-8-18-34(19-9-2)28(38)25-26-29(39)36(24(22-37)21-23-14-12-11-13-15-23)27(33(26)17-16-32(25,7)41-33)30(40)35(20-10-3)31(4,5)6/h8,10-15,24-27,37H,1,3,9,16-22H2,2,4-7H3/t24-,25-,26+,27?,32+,33?/m1/s1. The number of likely N-dealkylation sites (tertiary alicyclic amines) is 1. The molecular weight excluding hydrogens is 534 g/mol. The van der Waals surface area contributed by atoms with Crippen LogP contribution in [0.4, 0.5) is 0 Å². The summed E-state index contributed by atoms with van der Waals surface area (Å²) in [7, 11) is 0. The Morgan fingerprint density at radius 2 is 1.80 bits per heavy atom. The fraction of sp³-hybridized carbons (Fsp3) is 0.606. The van der Waals surface area contributed by atoms with Crippen molar-refractivity contribution in [3.8, 4) is 0 Å². The number of thioether (sulfide) groups is 1. The van der Waals surface area contributed by atoms with E-state index in [1.807, 2.05) is 62.9 Å². The molecule has 1 aromatic carbocycles. The van der Waals surface area contributed by atoms with E-state index in [0.29, 0.717) is 32.5 Å². The van der Waals surface area contributed by atoms with Gasteiger partial charge < -0.3 is 19.8 Å². The third kappa shape index (κ3) is 5.38. The van der Waals surface area contributed by atoms with Crippen molar-refractivity contribution >= 4 is 29.5 Å². The van der Waals surface area contributed by atoms with Crippen LogP contribution in [0.15, 0.2) is 55.6 Å². The number of benzene rings is 1. The van der Waals surface area contributed by atoms with Crippen LogP contribution in [0.3, 0.4) is 0 Å². The number of fused-ring (bicyclic) bond motifs is 1. The Morgan fingerprint density at radius 1 is 1.15 bits per heavy atom. The Kier molecular flexibility index (Phi) is 9.15. The summed E-state index contributed by atoms with van der Waals surface area (Å²) < 4.78 is -1.20. The first kappa shape index (κ1) is 31.4. The molecule has 3 heterocycles. The lowest BCUT2D eigenvalue weighted by molar-refractivity contribution is -0.149. The molecule has 1 spiro atoms. The second-order valence-corrected chi connectivity index (χ2v) is 14.9. The molecule has 2 unspecified atom stereocenters. The highest BCUT2D eigenvalue weighted by atomic mass is 32.2. The van der Waals surface area contributed by atoms with E-state index >= 15 is 0 Å². The predicted octanol–water partition coefficient (Wildman–Crippen LogP) is 4.31. The van der Waals surface area contributed by atoms with E-state index in [9.17, 15) is 19.5 Å². The molecule has 1 N–H and O–H groups in total. The zero-order valence-electron chi connectivity index (χ0n) is 25.3.